The van der Waals surface area contributed by atoms with Crippen LogP contribution in [0, 0.1) is 0 Å². The second-order valence-corrected chi connectivity index (χ2v) is 6.65. The van der Waals surface area contributed by atoms with E-state index in [9.17, 15) is 9.59 Å². The third-order valence-corrected chi connectivity index (χ3v) is 4.22. The second-order valence-electron chi connectivity index (χ2n) is 6.65. The molecule has 2 aromatic rings. The zero-order valence-corrected chi connectivity index (χ0v) is 17.8. The first-order chi connectivity index (χ1) is 14.6. The van der Waals surface area contributed by atoms with Crippen LogP contribution in [0.3, 0.4) is 0 Å². The fraction of sp³-hybridized carbons (Fsp3) is 0.333. The van der Waals surface area contributed by atoms with Crippen molar-refractivity contribution < 1.29 is 23.8 Å². The molecule has 0 spiro atoms. The summed E-state index contributed by atoms with van der Waals surface area (Å²) >= 11 is 0. The predicted octanol–water partition coefficient (Wildman–Crippen LogP) is 4.60. The lowest BCUT2D eigenvalue weighted by atomic mass is 10.1. The van der Waals surface area contributed by atoms with E-state index in [-0.39, 0.29) is 12.3 Å². The molecule has 0 bridgehead atoms. The van der Waals surface area contributed by atoms with Gasteiger partial charge < -0.3 is 19.5 Å². The van der Waals surface area contributed by atoms with Crippen LogP contribution in [0.1, 0.15) is 49.0 Å². The van der Waals surface area contributed by atoms with E-state index in [2.05, 4.69) is 12.2 Å². The molecule has 0 fully saturated rings. The van der Waals surface area contributed by atoms with Crippen molar-refractivity contribution in [2.75, 3.05) is 20.3 Å². The first kappa shape index (κ1) is 23.0. The van der Waals surface area contributed by atoms with Gasteiger partial charge in [0.05, 0.1) is 20.3 Å². The Morgan fingerprint density at radius 2 is 1.57 bits per heavy atom. The molecule has 6 heteroatoms. The number of rotatable bonds is 11. The van der Waals surface area contributed by atoms with Crippen molar-refractivity contribution in [2.24, 2.45) is 0 Å². The summed E-state index contributed by atoms with van der Waals surface area (Å²) in [4.78, 5) is 25.1. The monoisotopic (exact) mass is 411 g/mol. The summed E-state index contributed by atoms with van der Waals surface area (Å²) < 4.78 is 16.0. The lowest BCUT2D eigenvalue weighted by molar-refractivity contribution is -0.139. The molecule has 0 saturated carbocycles. The summed E-state index contributed by atoms with van der Waals surface area (Å²) in [6.07, 6.45) is 4.30. The Morgan fingerprint density at radius 1 is 0.900 bits per heavy atom. The molecule has 0 aliphatic heterocycles. The minimum absolute atomic E-state index is 0.0712. The molecule has 160 valence electrons. The zero-order chi connectivity index (χ0) is 21.8. The molecule has 0 aliphatic carbocycles. The van der Waals surface area contributed by atoms with Gasteiger partial charge in [-0.1, -0.05) is 32.4 Å². The first-order valence-corrected chi connectivity index (χ1v) is 10.1. The molecule has 2 aromatic carbocycles. The molecule has 2 rings (SSSR count). The molecule has 0 radical (unpaired) electrons. The van der Waals surface area contributed by atoms with Crippen molar-refractivity contribution in [3.05, 3.63) is 65.4 Å². The third-order valence-electron chi connectivity index (χ3n) is 4.22. The summed E-state index contributed by atoms with van der Waals surface area (Å²) in [6.45, 7) is 4.92. The highest BCUT2D eigenvalue weighted by atomic mass is 16.5. The van der Waals surface area contributed by atoms with E-state index in [4.69, 9.17) is 14.2 Å². The maximum Gasteiger partial charge on any atom is 0.354 e. The van der Waals surface area contributed by atoms with Gasteiger partial charge in [0, 0.05) is 5.56 Å². The summed E-state index contributed by atoms with van der Waals surface area (Å²) in [7, 11) is 1.58. The Kier molecular flexibility index (Phi) is 9.45. The van der Waals surface area contributed by atoms with Gasteiger partial charge in [0.15, 0.2) is 0 Å². The summed E-state index contributed by atoms with van der Waals surface area (Å²) in [6, 6.07) is 14.0. The Hall–Kier alpha value is -3.28. The van der Waals surface area contributed by atoms with Gasteiger partial charge in [0.1, 0.15) is 17.2 Å². The molecule has 0 saturated heterocycles. The second kappa shape index (κ2) is 12.3. The van der Waals surface area contributed by atoms with Gasteiger partial charge in [-0.3, -0.25) is 4.79 Å². The van der Waals surface area contributed by atoms with Crippen molar-refractivity contribution in [1.82, 2.24) is 5.32 Å². The number of unbranched alkanes of at least 4 members (excludes halogenated alkanes) is 1. The fourth-order valence-electron chi connectivity index (χ4n) is 2.52. The number of esters is 1. The van der Waals surface area contributed by atoms with Gasteiger partial charge in [-0.25, -0.2) is 4.79 Å². The number of benzene rings is 2. The number of carbonyl (C=O) groups excluding carboxylic acids is 2. The van der Waals surface area contributed by atoms with Crippen LogP contribution in [0.25, 0.3) is 6.08 Å². The van der Waals surface area contributed by atoms with Crippen LogP contribution in [-0.4, -0.2) is 32.2 Å². The molecule has 0 aromatic heterocycles. The van der Waals surface area contributed by atoms with E-state index in [1.54, 1.807) is 61.7 Å². The van der Waals surface area contributed by atoms with Gasteiger partial charge in [-0.05, 0) is 60.9 Å². The van der Waals surface area contributed by atoms with Crippen LogP contribution in [-0.2, 0) is 9.53 Å². The van der Waals surface area contributed by atoms with Crippen LogP contribution in [0.2, 0.25) is 0 Å². The number of hydrogen-bond acceptors (Lipinski definition) is 5. The predicted molar refractivity (Wildman–Crippen MR) is 117 cm³/mol. The number of methoxy groups -OCH3 is 1. The molecule has 0 aliphatic rings. The van der Waals surface area contributed by atoms with Crippen molar-refractivity contribution in [1.29, 1.82) is 0 Å². The molecule has 1 N–H and O–H groups in total. The fourth-order valence-corrected chi connectivity index (χ4v) is 2.52. The molecule has 1 amide bonds. The van der Waals surface area contributed by atoms with Gasteiger partial charge in [0.25, 0.3) is 5.91 Å². The molecule has 30 heavy (non-hydrogen) atoms. The van der Waals surface area contributed by atoms with E-state index in [1.807, 2.05) is 6.92 Å². The average molecular weight is 411 g/mol. The Labute approximate surface area is 177 Å². The van der Waals surface area contributed by atoms with Crippen LogP contribution >= 0.6 is 0 Å². The van der Waals surface area contributed by atoms with E-state index in [0.29, 0.717) is 30.1 Å². The number of nitrogens with one attached hydrogen (secondary N) is 1. The summed E-state index contributed by atoms with van der Waals surface area (Å²) in [5, 5.41) is 2.67. The summed E-state index contributed by atoms with van der Waals surface area (Å²) in [5.41, 5.74) is 1.22. The van der Waals surface area contributed by atoms with Gasteiger partial charge in [0.2, 0.25) is 0 Å². The van der Waals surface area contributed by atoms with E-state index in [0.717, 1.165) is 18.4 Å². The number of hydrogen-bond donors (Lipinski definition) is 1. The maximum atomic E-state index is 12.7. The Bertz CT molecular complexity index is 841. The number of amides is 1. The van der Waals surface area contributed by atoms with Crippen LogP contribution in [0.5, 0.6) is 11.5 Å². The molecular weight excluding hydrogens is 382 g/mol. The molecule has 0 unspecified atom stereocenters. The molecule has 0 atom stereocenters. The van der Waals surface area contributed by atoms with Gasteiger partial charge in [-0.15, -0.1) is 0 Å². The highest BCUT2D eigenvalue weighted by Crippen LogP contribution is 2.16. The van der Waals surface area contributed by atoms with Crippen LogP contribution in [0.15, 0.2) is 54.2 Å². The minimum Gasteiger partial charge on any atom is -0.497 e. The third kappa shape index (κ3) is 7.28. The van der Waals surface area contributed by atoms with Crippen LogP contribution in [0.4, 0.5) is 0 Å². The topological polar surface area (TPSA) is 73.9 Å². The largest absolute Gasteiger partial charge is 0.497 e. The smallest absolute Gasteiger partial charge is 0.354 e. The number of ether oxygens (including phenoxy) is 3. The van der Waals surface area contributed by atoms with Crippen molar-refractivity contribution in [3.63, 3.8) is 0 Å². The first-order valence-electron chi connectivity index (χ1n) is 10.1. The standard InChI is InChI=1S/C24H29NO5/c1-4-6-16-29-21-13-9-19(10-14-21)23(26)25-22(24(27)30-15-5-2)17-18-7-11-20(28-3)12-8-18/h7-14,17H,4-6,15-16H2,1-3H3,(H,25,26)/b22-17-. The number of carbonyl (C=O) groups is 2. The SMILES string of the molecule is CCCCOc1ccc(C(=O)N/C(=C\c2ccc(OC)cc2)C(=O)OCCC)cc1. The molecular formula is C24H29NO5. The summed E-state index contributed by atoms with van der Waals surface area (Å²) in [5.74, 6) is 0.424. The zero-order valence-electron chi connectivity index (χ0n) is 17.8. The lowest BCUT2D eigenvalue weighted by Crippen LogP contribution is -2.28. The van der Waals surface area contributed by atoms with E-state index in [1.165, 1.54) is 0 Å². The molecule has 0 heterocycles. The van der Waals surface area contributed by atoms with Gasteiger partial charge in [-0.2, -0.15) is 0 Å². The minimum atomic E-state index is -0.583. The average Bonchev–Trinajstić information content (AvgIpc) is 2.78. The maximum absolute atomic E-state index is 12.7. The highest BCUT2D eigenvalue weighted by molar-refractivity contribution is 6.03. The quantitative estimate of drug-likeness (QED) is 0.332. The lowest BCUT2D eigenvalue weighted by Gasteiger charge is -2.11. The van der Waals surface area contributed by atoms with E-state index < -0.39 is 11.9 Å². The van der Waals surface area contributed by atoms with Gasteiger partial charge >= 0.3 is 5.97 Å². The van der Waals surface area contributed by atoms with Crippen molar-refractivity contribution in [3.8, 4) is 11.5 Å². The molecule has 6 nitrogen and oxygen atoms in total. The Morgan fingerprint density at radius 3 is 2.17 bits per heavy atom. The van der Waals surface area contributed by atoms with E-state index >= 15 is 0 Å². The van der Waals surface area contributed by atoms with Crippen molar-refractivity contribution in [2.45, 2.75) is 33.1 Å². The normalized spacial score (nSPS) is 11.0. The van der Waals surface area contributed by atoms with Crippen molar-refractivity contribution >= 4 is 18.0 Å². The Balaban J connectivity index is 2.14. The highest BCUT2D eigenvalue weighted by Gasteiger charge is 2.16. The van der Waals surface area contributed by atoms with Crippen LogP contribution < -0.4 is 14.8 Å².